The van der Waals surface area contributed by atoms with Gasteiger partial charge in [-0.15, -0.1) is 0 Å². The molecular formula is C15H13ClFN3O3. The minimum Gasteiger partial charge on any atom is -0.449 e. The van der Waals surface area contributed by atoms with Gasteiger partial charge in [0, 0.05) is 17.7 Å². The SMILES string of the molecule is N[C@@H](c1ccc(Cl)c(Oc2ccc([N+](=O)[O-])nc2)c1F)C1CC1. The lowest BCUT2D eigenvalue weighted by molar-refractivity contribution is -0.389. The van der Waals surface area contributed by atoms with E-state index in [-0.39, 0.29) is 28.3 Å². The van der Waals surface area contributed by atoms with E-state index in [4.69, 9.17) is 22.1 Å². The van der Waals surface area contributed by atoms with E-state index in [1.165, 1.54) is 18.2 Å². The Labute approximate surface area is 136 Å². The number of nitro groups is 1. The van der Waals surface area contributed by atoms with Crippen LogP contribution in [0.15, 0.2) is 30.5 Å². The summed E-state index contributed by atoms with van der Waals surface area (Å²) in [5.74, 6) is -0.673. The highest BCUT2D eigenvalue weighted by molar-refractivity contribution is 6.32. The summed E-state index contributed by atoms with van der Waals surface area (Å²) in [5, 5.41) is 10.7. The van der Waals surface area contributed by atoms with Crippen LogP contribution < -0.4 is 10.5 Å². The van der Waals surface area contributed by atoms with Crippen LogP contribution in [0.1, 0.15) is 24.4 Å². The summed E-state index contributed by atoms with van der Waals surface area (Å²) in [7, 11) is 0. The number of ether oxygens (including phenoxy) is 1. The number of aromatic nitrogens is 1. The molecule has 0 saturated heterocycles. The minimum absolute atomic E-state index is 0.0904. The molecule has 8 heteroatoms. The minimum atomic E-state index is -0.632. The van der Waals surface area contributed by atoms with Crippen LogP contribution in [0.4, 0.5) is 10.2 Å². The Balaban J connectivity index is 1.89. The van der Waals surface area contributed by atoms with E-state index < -0.39 is 16.8 Å². The van der Waals surface area contributed by atoms with Gasteiger partial charge >= 0.3 is 5.82 Å². The van der Waals surface area contributed by atoms with E-state index in [9.17, 15) is 14.5 Å². The highest BCUT2D eigenvalue weighted by Gasteiger charge is 2.32. The van der Waals surface area contributed by atoms with E-state index in [0.29, 0.717) is 5.56 Å². The maximum absolute atomic E-state index is 14.6. The molecular weight excluding hydrogens is 325 g/mol. The number of rotatable bonds is 5. The third-order valence-corrected chi connectivity index (χ3v) is 3.99. The Morgan fingerprint density at radius 2 is 2.13 bits per heavy atom. The van der Waals surface area contributed by atoms with E-state index in [1.54, 1.807) is 6.07 Å². The van der Waals surface area contributed by atoms with Gasteiger partial charge in [0.05, 0.1) is 5.02 Å². The molecule has 0 bridgehead atoms. The molecule has 1 aliphatic rings. The molecule has 1 aliphatic carbocycles. The zero-order chi connectivity index (χ0) is 16.6. The first-order chi connectivity index (χ1) is 11.0. The predicted molar refractivity (Wildman–Crippen MR) is 82.0 cm³/mol. The highest BCUT2D eigenvalue weighted by atomic mass is 35.5. The first kappa shape index (κ1) is 15.6. The largest absolute Gasteiger partial charge is 0.449 e. The van der Waals surface area contributed by atoms with Gasteiger partial charge in [0.15, 0.2) is 23.5 Å². The standard InChI is InChI=1S/C15H13ClFN3O3/c16-11-5-4-10(14(18)8-1-2-8)13(17)15(11)23-9-3-6-12(19-7-9)20(21)22/h3-8,14H,1-2,18H2/t14-/m1/s1. The maximum Gasteiger partial charge on any atom is 0.363 e. The molecule has 1 aromatic heterocycles. The van der Waals surface area contributed by atoms with Crippen LogP contribution in [0.2, 0.25) is 5.02 Å². The molecule has 3 rings (SSSR count). The van der Waals surface area contributed by atoms with Crippen molar-refractivity contribution in [3.8, 4) is 11.5 Å². The molecule has 1 heterocycles. The number of nitrogens with two attached hydrogens (primary N) is 1. The highest BCUT2D eigenvalue weighted by Crippen LogP contribution is 2.43. The molecule has 6 nitrogen and oxygen atoms in total. The Kier molecular flexibility index (Phi) is 4.14. The summed E-state index contributed by atoms with van der Waals surface area (Å²) >= 11 is 6.00. The van der Waals surface area contributed by atoms with Gasteiger partial charge in [-0.3, -0.25) is 0 Å². The van der Waals surface area contributed by atoms with Crippen molar-refractivity contribution in [3.05, 3.63) is 57.0 Å². The molecule has 23 heavy (non-hydrogen) atoms. The number of nitrogens with zero attached hydrogens (tertiary/aromatic N) is 2. The van der Waals surface area contributed by atoms with Gasteiger partial charge in [0.1, 0.15) is 0 Å². The van der Waals surface area contributed by atoms with Gasteiger partial charge < -0.3 is 20.6 Å². The van der Waals surface area contributed by atoms with Crippen LogP contribution in [-0.2, 0) is 0 Å². The molecule has 1 atom stereocenters. The third kappa shape index (κ3) is 3.25. The van der Waals surface area contributed by atoms with Crippen LogP contribution in [0, 0.1) is 21.8 Å². The Morgan fingerprint density at radius 3 is 2.70 bits per heavy atom. The van der Waals surface area contributed by atoms with Crippen molar-refractivity contribution in [2.75, 3.05) is 0 Å². The number of hydrogen-bond acceptors (Lipinski definition) is 5. The van der Waals surface area contributed by atoms with E-state index in [2.05, 4.69) is 4.98 Å². The fourth-order valence-electron chi connectivity index (χ4n) is 2.27. The van der Waals surface area contributed by atoms with Crippen LogP contribution in [0.3, 0.4) is 0 Å². The van der Waals surface area contributed by atoms with Gasteiger partial charge in [0.25, 0.3) is 0 Å². The van der Waals surface area contributed by atoms with Crippen molar-refractivity contribution >= 4 is 17.4 Å². The monoisotopic (exact) mass is 337 g/mol. The van der Waals surface area contributed by atoms with Crippen molar-refractivity contribution in [2.45, 2.75) is 18.9 Å². The van der Waals surface area contributed by atoms with Crippen molar-refractivity contribution < 1.29 is 14.1 Å². The van der Waals surface area contributed by atoms with Crippen LogP contribution in [0.25, 0.3) is 0 Å². The summed E-state index contributed by atoms with van der Waals surface area (Å²) in [6, 6.07) is 5.18. The second-order valence-electron chi connectivity index (χ2n) is 5.35. The molecule has 120 valence electrons. The third-order valence-electron chi connectivity index (χ3n) is 3.70. The zero-order valence-corrected chi connectivity index (χ0v) is 12.7. The topological polar surface area (TPSA) is 91.3 Å². The summed E-state index contributed by atoms with van der Waals surface area (Å²) in [6.07, 6.45) is 3.10. The number of benzene rings is 1. The smallest absolute Gasteiger partial charge is 0.363 e. The maximum atomic E-state index is 14.6. The van der Waals surface area contributed by atoms with Crippen molar-refractivity contribution in [3.63, 3.8) is 0 Å². The quantitative estimate of drug-likeness (QED) is 0.658. The Hall–Kier alpha value is -2.25. The molecule has 1 fully saturated rings. The molecule has 0 aliphatic heterocycles. The number of hydrogen-bond donors (Lipinski definition) is 1. The van der Waals surface area contributed by atoms with E-state index in [0.717, 1.165) is 19.0 Å². The molecule has 0 unspecified atom stereocenters. The lowest BCUT2D eigenvalue weighted by atomic mass is 10.0. The second-order valence-corrected chi connectivity index (χ2v) is 5.76. The lowest BCUT2D eigenvalue weighted by Crippen LogP contribution is -2.14. The molecule has 2 aromatic rings. The van der Waals surface area contributed by atoms with Gasteiger partial charge in [-0.05, 0) is 40.8 Å². The molecule has 0 spiro atoms. The van der Waals surface area contributed by atoms with Crippen molar-refractivity contribution in [2.24, 2.45) is 11.7 Å². The Morgan fingerprint density at radius 1 is 1.39 bits per heavy atom. The van der Waals surface area contributed by atoms with Gasteiger partial charge in [0.2, 0.25) is 0 Å². The number of halogens is 2. The van der Waals surface area contributed by atoms with Gasteiger partial charge in [-0.25, -0.2) is 4.39 Å². The van der Waals surface area contributed by atoms with E-state index in [1.807, 2.05) is 0 Å². The molecule has 0 radical (unpaired) electrons. The van der Waals surface area contributed by atoms with Crippen LogP contribution in [-0.4, -0.2) is 9.91 Å². The predicted octanol–water partition coefficient (Wildman–Crippen LogP) is 3.98. The molecule has 0 amide bonds. The number of pyridine rings is 1. The summed E-state index contributed by atoms with van der Waals surface area (Å²) in [5.41, 5.74) is 6.39. The fourth-order valence-corrected chi connectivity index (χ4v) is 2.45. The fraction of sp³-hybridized carbons (Fsp3) is 0.267. The normalized spacial score (nSPS) is 15.3. The summed E-state index contributed by atoms with van der Waals surface area (Å²) in [6.45, 7) is 0. The first-order valence-corrected chi connectivity index (χ1v) is 7.37. The summed E-state index contributed by atoms with van der Waals surface area (Å²) in [4.78, 5) is 13.6. The average Bonchev–Trinajstić information content (AvgIpc) is 3.36. The zero-order valence-electron chi connectivity index (χ0n) is 11.9. The average molecular weight is 338 g/mol. The van der Waals surface area contributed by atoms with Crippen molar-refractivity contribution in [1.29, 1.82) is 0 Å². The van der Waals surface area contributed by atoms with Crippen LogP contribution in [0.5, 0.6) is 11.5 Å². The van der Waals surface area contributed by atoms with Gasteiger partial charge in [-0.2, -0.15) is 0 Å². The van der Waals surface area contributed by atoms with Gasteiger partial charge in [-0.1, -0.05) is 17.7 Å². The molecule has 1 aromatic carbocycles. The Bertz CT molecular complexity index is 750. The van der Waals surface area contributed by atoms with E-state index >= 15 is 0 Å². The van der Waals surface area contributed by atoms with Crippen LogP contribution >= 0.6 is 11.6 Å². The first-order valence-electron chi connectivity index (χ1n) is 6.99. The summed E-state index contributed by atoms with van der Waals surface area (Å²) < 4.78 is 20.1. The second kappa shape index (κ2) is 6.10. The molecule has 1 saturated carbocycles. The lowest BCUT2D eigenvalue weighted by Gasteiger charge is -2.15. The molecule has 2 N–H and O–H groups in total. The van der Waals surface area contributed by atoms with Crippen molar-refractivity contribution in [1.82, 2.24) is 4.98 Å².